The molecule has 0 fully saturated rings. The third-order valence-corrected chi connectivity index (χ3v) is 4.94. The lowest BCUT2D eigenvalue weighted by atomic mass is 10.0. The van der Waals surface area contributed by atoms with E-state index in [2.05, 4.69) is 50.9 Å². The topological polar surface area (TPSA) is 0 Å². The van der Waals surface area contributed by atoms with Crippen LogP contribution in [0.25, 0.3) is 0 Å². The first-order valence-corrected chi connectivity index (χ1v) is 7.80. The minimum Gasteiger partial charge on any atom is -0.0843 e. The monoisotopic (exact) mass is 406 g/mol. The quantitative estimate of drug-likeness (QED) is 0.494. The first-order valence-electron chi connectivity index (χ1n) is 5.34. The van der Waals surface area contributed by atoms with Crippen LogP contribution in [0.4, 0.5) is 0 Å². The van der Waals surface area contributed by atoms with Crippen molar-refractivity contribution in [2.24, 2.45) is 0 Å². The van der Waals surface area contributed by atoms with Gasteiger partial charge in [-0.25, -0.2) is 0 Å². The zero-order chi connectivity index (χ0) is 13.3. The number of hydrogen-bond acceptors (Lipinski definition) is 0. The molecule has 18 heavy (non-hydrogen) atoms. The van der Waals surface area contributed by atoms with E-state index in [0.717, 1.165) is 15.6 Å². The van der Waals surface area contributed by atoms with Crippen molar-refractivity contribution >= 4 is 55.1 Å². The molecule has 2 rings (SSSR count). The van der Waals surface area contributed by atoms with E-state index in [4.69, 9.17) is 23.2 Å². The maximum atomic E-state index is 6.23. The summed E-state index contributed by atoms with van der Waals surface area (Å²) in [7, 11) is 0. The lowest BCUT2D eigenvalue weighted by Gasteiger charge is -2.15. The minimum atomic E-state index is 0.0120. The molecule has 0 aliphatic heterocycles. The van der Waals surface area contributed by atoms with E-state index in [-0.39, 0.29) is 4.83 Å². The molecule has 0 spiro atoms. The first-order chi connectivity index (χ1) is 8.49. The predicted octanol–water partition coefficient (Wildman–Crippen LogP) is 6.55. The van der Waals surface area contributed by atoms with Crippen LogP contribution in [0.3, 0.4) is 0 Å². The van der Waals surface area contributed by atoms with Gasteiger partial charge in [0, 0.05) is 14.5 Å². The first kappa shape index (κ1) is 14.4. The summed E-state index contributed by atoms with van der Waals surface area (Å²) in [6.07, 6.45) is 0. The summed E-state index contributed by atoms with van der Waals surface area (Å²) in [4.78, 5) is 0.0120. The SMILES string of the molecule is Cc1ccc(Br)c(C(Br)c2cc(Cl)ccc2Cl)c1. The number of halogens is 4. The van der Waals surface area contributed by atoms with Gasteiger partial charge in [-0.3, -0.25) is 0 Å². The Bertz CT molecular complexity index is 531. The Balaban J connectivity index is 2.50. The molecule has 1 unspecified atom stereocenters. The highest BCUT2D eigenvalue weighted by Crippen LogP contribution is 2.39. The number of benzene rings is 2. The molecular formula is C14H10Br2Cl2. The van der Waals surface area contributed by atoms with Crippen LogP contribution in [0.1, 0.15) is 21.5 Å². The maximum Gasteiger partial charge on any atom is 0.0670 e. The zero-order valence-electron chi connectivity index (χ0n) is 9.55. The van der Waals surface area contributed by atoms with Gasteiger partial charge in [0.05, 0.1) is 4.83 Å². The Morgan fingerprint density at radius 2 is 1.72 bits per heavy atom. The molecule has 0 heterocycles. The molecule has 0 aliphatic carbocycles. The summed E-state index contributed by atoms with van der Waals surface area (Å²) in [5.74, 6) is 0. The van der Waals surface area contributed by atoms with Crippen molar-refractivity contribution in [2.45, 2.75) is 11.8 Å². The molecule has 0 saturated heterocycles. The van der Waals surface area contributed by atoms with Gasteiger partial charge in [-0.1, -0.05) is 72.8 Å². The Hall–Kier alpha value is -0.0200. The highest BCUT2D eigenvalue weighted by Gasteiger charge is 2.17. The van der Waals surface area contributed by atoms with E-state index in [9.17, 15) is 0 Å². The Morgan fingerprint density at radius 1 is 1.00 bits per heavy atom. The van der Waals surface area contributed by atoms with Crippen LogP contribution in [0.15, 0.2) is 40.9 Å². The molecule has 0 nitrogen and oxygen atoms in total. The van der Waals surface area contributed by atoms with E-state index in [1.54, 1.807) is 6.07 Å². The zero-order valence-corrected chi connectivity index (χ0v) is 14.2. The van der Waals surface area contributed by atoms with Crippen LogP contribution in [0.5, 0.6) is 0 Å². The maximum absolute atomic E-state index is 6.23. The van der Waals surface area contributed by atoms with Crippen LogP contribution >= 0.6 is 55.1 Å². The van der Waals surface area contributed by atoms with Gasteiger partial charge >= 0.3 is 0 Å². The van der Waals surface area contributed by atoms with E-state index < -0.39 is 0 Å². The van der Waals surface area contributed by atoms with Crippen LogP contribution < -0.4 is 0 Å². The highest BCUT2D eigenvalue weighted by molar-refractivity contribution is 9.11. The fourth-order valence-corrected chi connectivity index (χ4v) is 3.81. The Morgan fingerprint density at radius 3 is 2.44 bits per heavy atom. The minimum absolute atomic E-state index is 0.0120. The lowest BCUT2D eigenvalue weighted by molar-refractivity contribution is 1.15. The van der Waals surface area contributed by atoms with E-state index >= 15 is 0 Å². The molecule has 2 aromatic rings. The summed E-state index contributed by atoms with van der Waals surface area (Å²) in [6, 6.07) is 11.7. The molecule has 0 bridgehead atoms. The largest absolute Gasteiger partial charge is 0.0843 e. The highest BCUT2D eigenvalue weighted by atomic mass is 79.9. The van der Waals surface area contributed by atoms with E-state index in [1.165, 1.54) is 5.56 Å². The lowest BCUT2D eigenvalue weighted by Crippen LogP contribution is -1.96. The van der Waals surface area contributed by atoms with Gasteiger partial charge in [0.2, 0.25) is 0 Å². The Kier molecular flexibility index (Phi) is 4.76. The van der Waals surface area contributed by atoms with Gasteiger partial charge in [0.1, 0.15) is 0 Å². The second-order valence-electron chi connectivity index (χ2n) is 4.05. The van der Waals surface area contributed by atoms with Crippen molar-refractivity contribution < 1.29 is 0 Å². The van der Waals surface area contributed by atoms with E-state index in [0.29, 0.717) is 10.0 Å². The number of alkyl halides is 1. The van der Waals surface area contributed by atoms with Gasteiger partial charge < -0.3 is 0 Å². The number of hydrogen-bond donors (Lipinski definition) is 0. The molecule has 0 aliphatic rings. The van der Waals surface area contributed by atoms with Gasteiger partial charge in [-0.05, 0) is 42.3 Å². The Labute approximate surface area is 134 Å². The average Bonchev–Trinajstić information content (AvgIpc) is 2.34. The fraction of sp³-hybridized carbons (Fsp3) is 0.143. The summed E-state index contributed by atoms with van der Waals surface area (Å²) in [5.41, 5.74) is 3.31. The average molecular weight is 409 g/mol. The van der Waals surface area contributed by atoms with Crippen molar-refractivity contribution in [3.8, 4) is 0 Å². The summed E-state index contributed by atoms with van der Waals surface area (Å²) in [6.45, 7) is 2.06. The van der Waals surface area contributed by atoms with Gasteiger partial charge in [0.25, 0.3) is 0 Å². The standard InChI is InChI=1S/C14H10Br2Cl2/c1-8-2-4-12(15)10(6-8)14(16)11-7-9(17)3-5-13(11)18/h2-7,14H,1H3. The smallest absolute Gasteiger partial charge is 0.0670 e. The van der Waals surface area contributed by atoms with Crippen molar-refractivity contribution in [2.75, 3.05) is 0 Å². The van der Waals surface area contributed by atoms with Crippen molar-refractivity contribution in [3.05, 3.63) is 67.6 Å². The van der Waals surface area contributed by atoms with Crippen molar-refractivity contribution in [1.82, 2.24) is 0 Å². The molecule has 4 heteroatoms. The molecule has 2 aromatic carbocycles. The molecule has 0 amide bonds. The molecule has 0 N–H and O–H groups in total. The summed E-state index contributed by atoms with van der Waals surface area (Å²) in [5, 5.41) is 1.39. The molecule has 1 atom stereocenters. The number of aryl methyl sites for hydroxylation is 1. The van der Waals surface area contributed by atoms with Crippen molar-refractivity contribution in [1.29, 1.82) is 0 Å². The van der Waals surface area contributed by atoms with Gasteiger partial charge in [-0.15, -0.1) is 0 Å². The molecular weight excluding hydrogens is 399 g/mol. The molecule has 0 aromatic heterocycles. The summed E-state index contributed by atoms with van der Waals surface area (Å²) < 4.78 is 1.05. The molecule has 0 radical (unpaired) electrons. The van der Waals surface area contributed by atoms with Gasteiger partial charge in [-0.2, -0.15) is 0 Å². The third-order valence-electron chi connectivity index (χ3n) is 2.66. The van der Waals surface area contributed by atoms with E-state index in [1.807, 2.05) is 18.2 Å². The van der Waals surface area contributed by atoms with Crippen molar-refractivity contribution in [3.63, 3.8) is 0 Å². The second kappa shape index (κ2) is 5.96. The third kappa shape index (κ3) is 3.11. The predicted molar refractivity (Wildman–Crippen MR) is 86.1 cm³/mol. The summed E-state index contributed by atoms with van der Waals surface area (Å²) >= 11 is 19.5. The van der Waals surface area contributed by atoms with Gasteiger partial charge in [0.15, 0.2) is 0 Å². The van der Waals surface area contributed by atoms with Crippen LogP contribution in [-0.4, -0.2) is 0 Å². The second-order valence-corrected chi connectivity index (χ2v) is 6.67. The fourth-order valence-electron chi connectivity index (χ4n) is 1.73. The molecule has 0 saturated carbocycles. The van der Waals surface area contributed by atoms with Crippen LogP contribution in [-0.2, 0) is 0 Å². The molecule has 94 valence electrons. The normalized spacial score (nSPS) is 12.5. The number of rotatable bonds is 2. The van der Waals surface area contributed by atoms with Crippen LogP contribution in [0, 0.1) is 6.92 Å². The van der Waals surface area contributed by atoms with Crippen LogP contribution in [0.2, 0.25) is 10.0 Å².